The van der Waals surface area contributed by atoms with Crippen molar-refractivity contribution in [3.05, 3.63) is 82.9 Å². The van der Waals surface area contributed by atoms with Gasteiger partial charge in [0.15, 0.2) is 0 Å². The molecule has 0 unspecified atom stereocenters. The van der Waals surface area contributed by atoms with Crippen LogP contribution in [-0.2, 0) is 12.7 Å². The van der Waals surface area contributed by atoms with Crippen LogP contribution in [0, 0.1) is 19.8 Å². The lowest BCUT2D eigenvalue weighted by Gasteiger charge is -2.23. The lowest BCUT2D eigenvalue weighted by molar-refractivity contribution is -0.137. The summed E-state index contributed by atoms with van der Waals surface area (Å²) >= 11 is 0. The molecule has 0 saturated heterocycles. The fourth-order valence-electron chi connectivity index (χ4n) is 3.42. The van der Waals surface area contributed by atoms with E-state index in [-0.39, 0.29) is 12.0 Å². The molecule has 0 saturated carbocycles. The molecule has 1 N–H and O–H groups in total. The van der Waals surface area contributed by atoms with E-state index in [0.29, 0.717) is 12.1 Å². The smallest absolute Gasteiger partial charge is 0.306 e. The first-order valence-corrected chi connectivity index (χ1v) is 9.55. The molecule has 0 aliphatic carbocycles. The average molecular weight is 402 g/mol. The van der Waals surface area contributed by atoms with Gasteiger partial charge in [0.25, 0.3) is 0 Å². The third-order valence-electron chi connectivity index (χ3n) is 4.85. The molecule has 4 nitrogen and oxygen atoms in total. The average Bonchev–Trinajstić information content (AvgIpc) is 2.99. The lowest BCUT2D eigenvalue weighted by atomic mass is 9.97. The molecule has 7 heteroatoms. The van der Waals surface area contributed by atoms with Gasteiger partial charge in [-0.3, -0.25) is 9.67 Å². The van der Waals surface area contributed by atoms with Gasteiger partial charge in [-0.1, -0.05) is 19.1 Å². The highest BCUT2D eigenvalue weighted by molar-refractivity contribution is 5.34. The van der Waals surface area contributed by atoms with E-state index in [1.165, 1.54) is 12.1 Å². The monoisotopic (exact) mass is 402 g/mol. The summed E-state index contributed by atoms with van der Waals surface area (Å²) in [5.74, 6) is 0.239. The van der Waals surface area contributed by atoms with E-state index in [4.69, 9.17) is 0 Å². The lowest BCUT2D eigenvalue weighted by Crippen LogP contribution is -2.29. The Labute approximate surface area is 168 Å². The van der Waals surface area contributed by atoms with E-state index in [2.05, 4.69) is 22.3 Å². The minimum absolute atomic E-state index is 0.239. The SMILES string of the molecule is Cc1cc(C)n(C[C@@H](C)CN[C@@H](c2ccncc2)c2cccc(C(F)(F)F)c2)n1. The fourth-order valence-corrected chi connectivity index (χ4v) is 3.42. The van der Waals surface area contributed by atoms with Crippen molar-refractivity contribution in [3.8, 4) is 0 Å². The Morgan fingerprint density at radius 2 is 1.76 bits per heavy atom. The fraction of sp³-hybridized carbons (Fsp3) is 0.364. The largest absolute Gasteiger partial charge is 0.416 e. The first-order chi connectivity index (χ1) is 13.7. The molecular weight excluding hydrogens is 377 g/mol. The summed E-state index contributed by atoms with van der Waals surface area (Å²) < 4.78 is 41.5. The van der Waals surface area contributed by atoms with Gasteiger partial charge < -0.3 is 5.32 Å². The minimum atomic E-state index is -4.37. The Balaban J connectivity index is 1.79. The van der Waals surface area contributed by atoms with Crippen LogP contribution in [0.2, 0.25) is 0 Å². The van der Waals surface area contributed by atoms with Crippen LogP contribution >= 0.6 is 0 Å². The van der Waals surface area contributed by atoms with Gasteiger partial charge in [-0.05, 0) is 61.2 Å². The first kappa shape index (κ1) is 21.0. The molecule has 0 aliphatic heterocycles. The molecule has 0 spiro atoms. The van der Waals surface area contributed by atoms with Crippen molar-refractivity contribution in [1.29, 1.82) is 0 Å². The molecule has 0 bridgehead atoms. The van der Waals surface area contributed by atoms with Gasteiger partial charge in [-0.25, -0.2) is 0 Å². The Kier molecular flexibility index (Phi) is 6.37. The maximum atomic E-state index is 13.2. The predicted molar refractivity (Wildman–Crippen MR) is 106 cm³/mol. The third-order valence-corrected chi connectivity index (χ3v) is 4.85. The van der Waals surface area contributed by atoms with Crippen molar-refractivity contribution in [2.45, 2.75) is 39.5 Å². The number of aromatic nitrogens is 3. The quantitative estimate of drug-likeness (QED) is 0.609. The normalized spacial score (nSPS) is 14.0. The van der Waals surface area contributed by atoms with Crippen LogP contribution in [0.25, 0.3) is 0 Å². The molecule has 29 heavy (non-hydrogen) atoms. The number of halogens is 3. The zero-order valence-corrected chi connectivity index (χ0v) is 16.7. The van der Waals surface area contributed by atoms with Gasteiger partial charge in [0.05, 0.1) is 17.3 Å². The molecule has 0 radical (unpaired) electrons. The van der Waals surface area contributed by atoms with Gasteiger partial charge in [0.1, 0.15) is 0 Å². The number of pyridine rings is 1. The summed E-state index contributed by atoms with van der Waals surface area (Å²) in [6.07, 6.45) is -1.07. The van der Waals surface area contributed by atoms with Gasteiger partial charge in [-0.2, -0.15) is 18.3 Å². The molecule has 3 aromatic rings. The zero-order valence-electron chi connectivity index (χ0n) is 16.7. The second-order valence-corrected chi connectivity index (χ2v) is 7.46. The van der Waals surface area contributed by atoms with Crippen LogP contribution in [0.5, 0.6) is 0 Å². The molecule has 0 amide bonds. The van der Waals surface area contributed by atoms with E-state index in [1.807, 2.05) is 36.7 Å². The van der Waals surface area contributed by atoms with Gasteiger partial charge in [-0.15, -0.1) is 0 Å². The molecule has 0 aliphatic rings. The summed E-state index contributed by atoms with van der Waals surface area (Å²) in [4.78, 5) is 4.02. The Hall–Kier alpha value is -2.67. The Morgan fingerprint density at radius 1 is 1.03 bits per heavy atom. The number of benzene rings is 1. The summed E-state index contributed by atoms with van der Waals surface area (Å²) in [6, 6.07) is 10.8. The highest BCUT2D eigenvalue weighted by atomic mass is 19.4. The van der Waals surface area contributed by atoms with Gasteiger partial charge in [0, 0.05) is 31.2 Å². The van der Waals surface area contributed by atoms with Crippen LogP contribution in [0.3, 0.4) is 0 Å². The number of nitrogens with one attached hydrogen (secondary N) is 1. The van der Waals surface area contributed by atoms with Crippen molar-refractivity contribution < 1.29 is 13.2 Å². The number of hydrogen-bond acceptors (Lipinski definition) is 3. The van der Waals surface area contributed by atoms with E-state index in [0.717, 1.165) is 29.6 Å². The van der Waals surface area contributed by atoms with Crippen molar-refractivity contribution in [1.82, 2.24) is 20.1 Å². The number of rotatable bonds is 7. The number of nitrogens with zero attached hydrogens (tertiary/aromatic N) is 3. The number of alkyl halides is 3. The highest BCUT2D eigenvalue weighted by Crippen LogP contribution is 2.32. The number of aryl methyl sites for hydroxylation is 2. The Bertz CT molecular complexity index is 935. The molecular formula is C22H25F3N4. The molecule has 3 rings (SSSR count). The van der Waals surface area contributed by atoms with Crippen molar-refractivity contribution in [2.24, 2.45) is 5.92 Å². The maximum absolute atomic E-state index is 13.2. The van der Waals surface area contributed by atoms with Crippen LogP contribution in [0.4, 0.5) is 13.2 Å². The molecule has 0 fully saturated rings. The molecule has 2 aromatic heterocycles. The summed E-state index contributed by atoms with van der Waals surface area (Å²) in [5, 5.41) is 7.93. The first-order valence-electron chi connectivity index (χ1n) is 9.55. The predicted octanol–water partition coefficient (Wildman–Crippen LogP) is 4.93. The highest BCUT2D eigenvalue weighted by Gasteiger charge is 2.31. The van der Waals surface area contributed by atoms with E-state index in [9.17, 15) is 13.2 Å². The van der Waals surface area contributed by atoms with Gasteiger partial charge in [0.2, 0.25) is 0 Å². The number of hydrogen-bond donors (Lipinski definition) is 1. The summed E-state index contributed by atoms with van der Waals surface area (Å²) in [7, 11) is 0. The Morgan fingerprint density at radius 3 is 2.38 bits per heavy atom. The van der Waals surface area contributed by atoms with Crippen LogP contribution in [0.15, 0.2) is 54.9 Å². The van der Waals surface area contributed by atoms with Crippen LogP contribution in [0.1, 0.15) is 41.0 Å². The zero-order chi connectivity index (χ0) is 21.0. The van der Waals surface area contributed by atoms with Crippen LogP contribution < -0.4 is 5.32 Å². The minimum Gasteiger partial charge on any atom is -0.306 e. The second-order valence-electron chi connectivity index (χ2n) is 7.46. The molecule has 2 atom stereocenters. The van der Waals surface area contributed by atoms with Crippen molar-refractivity contribution in [2.75, 3.05) is 6.54 Å². The standard InChI is InChI=1S/C22H25F3N4/c1-15(14-29-17(3)11-16(2)28-29)13-27-21(18-7-9-26-10-8-18)19-5-4-6-20(12-19)22(23,24)25/h4-12,15,21,27H,13-14H2,1-3H3/t15-,21-/m0/s1. The van der Waals surface area contributed by atoms with E-state index in [1.54, 1.807) is 18.5 Å². The molecule has 2 heterocycles. The molecule has 154 valence electrons. The topological polar surface area (TPSA) is 42.7 Å². The summed E-state index contributed by atoms with van der Waals surface area (Å²) in [6.45, 7) is 7.43. The second kappa shape index (κ2) is 8.78. The van der Waals surface area contributed by atoms with E-state index < -0.39 is 11.7 Å². The van der Waals surface area contributed by atoms with Crippen LogP contribution in [-0.4, -0.2) is 21.3 Å². The maximum Gasteiger partial charge on any atom is 0.416 e. The van der Waals surface area contributed by atoms with Crippen molar-refractivity contribution in [3.63, 3.8) is 0 Å². The van der Waals surface area contributed by atoms with E-state index >= 15 is 0 Å². The van der Waals surface area contributed by atoms with Gasteiger partial charge >= 0.3 is 6.18 Å². The molecule has 1 aromatic carbocycles. The van der Waals surface area contributed by atoms with Crippen molar-refractivity contribution >= 4 is 0 Å². The summed E-state index contributed by atoms with van der Waals surface area (Å²) in [5.41, 5.74) is 2.87. The third kappa shape index (κ3) is 5.44.